The lowest BCUT2D eigenvalue weighted by Crippen LogP contribution is -2.44. The Balaban J connectivity index is 1.37. The number of benzene rings is 1. The van der Waals surface area contributed by atoms with Crippen molar-refractivity contribution in [2.45, 2.75) is 25.7 Å². The molecule has 4 rings (SSSR count). The first-order chi connectivity index (χ1) is 14.4. The van der Waals surface area contributed by atoms with Crippen LogP contribution in [0.4, 0.5) is 0 Å². The zero-order valence-corrected chi connectivity index (χ0v) is 17.6. The molecule has 1 aromatic carbocycles. The van der Waals surface area contributed by atoms with Crippen molar-refractivity contribution in [3.63, 3.8) is 0 Å². The first-order valence-electron chi connectivity index (χ1n) is 10.5. The molecule has 0 radical (unpaired) electrons. The zero-order chi connectivity index (χ0) is 21.3. The summed E-state index contributed by atoms with van der Waals surface area (Å²) in [6, 6.07) is 6.82. The van der Waals surface area contributed by atoms with Crippen molar-refractivity contribution < 1.29 is 24.2 Å². The van der Waals surface area contributed by atoms with Crippen LogP contribution in [-0.2, 0) is 14.3 Å². The van der Waals surface area contributed by atoms with Gasteiger partial charge in [-0.25, -0.2) is 0 Å². The van der Waals surface area contributed by atoms with Crippen molar-refractivity contribution in [1.29, 1.82) is 0 Å². The van der Waals surface area contributed by atoms with E-state index in [1.54, 1.807) is 34.1 Å². The van der Waals surface area contributed by atoms with Crippen molar-refractivity contribution in [2.75, 3.05) is 39.4 Å². The lowest BCUT2D eigenvalue weighted by molar-refractivity contribution is -0.146. The third kappa shape index (κ3) is 4.05. The molecule has 3 aliphatic rings. The Bertz CT molecular complexity index is 813. The van der Waals surface area contributed by atoms with Gasteiger partial charge >= 0.3 is 5.97 Å². The highest BCUT2D eigenvalue weighted by Crippen LogP contribution is 2.45. The van der Waals surface area contributed by atoms with E-state index in [2.05, 4.69) is 0 Å². The number of hydrogen-bond acceptors (Lipinski definition) is 4. The number of halogens is 1. The van der Waals surface area contributed by atoms with Crippen molar-refractivity contribution in [2.24, 2.45) is 17.3 Å². The van der Waals surface area contributed by atoms with E-state index in [1.165, 1.54) is 0 Å². The van der Waals surface area contributed by atoms with E-state index in [9.17, 15) is 19.5 Å². The van der Waals surface area contributed by atoms with E-state index < -0.39 is 11.9 Å². The molecule has 0 aliphatic carbocycles. The molecule has 162 valence electrons. The van der Waals surface area contributed by atoms with Crippen molar-refractivity contribution >= 4 is 29.4 Å². The molecule has 1 aromatic rings. The summed E-state index contributed by atoms with van der Waals surface area (Å²) in [7, 11) is 0. The highest BCUT2D eigenvalue weighted by atomic mass is 35.5. The standard InChI is InChI=1S/C22H27ClN2O5/c23-17-3-1-15(2-4-17)19(26)24-9-5-16(6-10-24)20(27)25-13-18(21(28)29)22(14-25)7-11-30-12-8-22/h1-4,16,18H,5-14H2,(H,28,29). The van der Waals surface area contributed by atoms with E-state index in [0.717, 1.165) is 0 Å². The topological polar surface area (TPSA) is 87.2 Å². The van der Waals surface area contributed by atoms with Gasteiger partial charge in [0, 0.05) is 61.3 Å². The average Bonchev–Trinajstić information content (AvgIpc) is 3.12. The Morgan fingerprint density at radius 1 is 1.03 bits per heavy atom. The van der Waals surface area contributed by atoms with Crippen molar-refractivity contribution in [1.82, 2.24) is 9.80 Å². The van der Waals surface area contributed by atoms with E-state index in [0.29, 0.717) is 69.1 Å². The Morgan fingerprint density at radius 2 is 1.67 bits per heavy atom. The van der Waals surface area contributed by atoms with Gasteiger partial charge in [0.1, 0.15) is 0 Å². The van der Waals surface area contributed by atoms with Gasteiger partial charge in [0.25, 0.3) is 5.91 Å². The number of carbonyl (C=O) groups excluding carboxylic acids is 2. The number of ether oxygens (including phenoxy) is 1. The molecule has 2 amide bonds. The molecule has 0 saturated carbocycles. The SMILES string of the molecule is O=C(O)C1CN(C(=O)C2CCN(C(=O)c3ccc(Cl)cc3)CC2)CC12CCOCC2. The largest absolute Gasteiger partial charge is 0.481 e. The van der Waals surface area contributed by atoms with Crippen LogP contribution in [0, 0.1) is 17.3 Å². The van der Waals surface area contributed by atoms with E-state index >= 15 is 0 Å². The molecule has 3 heterocycles. The highest BCUT2D eigenvalue weighted by molar-refractivity contribution is 6.30. The monoisotopic (exact) mass is 434 g/mol. The number of nitrogens with zero attached hydrogens (tertiary/aromatic N) is 2. The minimum atomic E-state index is -0.824. The number of carbonyl (C=O) groups is 3. The fourth-order valence-corrected chi connectivity index (χ4v) is 5.25. The summed E-state index contributed by atoms with van der Waals surface area (Å²) >= 11 is 5.89. The number of aliphatic carboxylic acids is 1. The van der Waals surface area contributed by atoms with Crippen LogP contribution in [0.25, 0.3) is 0 Å². The summed E-state index contributed by atoms with van der Waals surface area (Å²) in [5, 5.41) is 10.3. The Kier molecular flexibility index (Phi) is 6.02. The van der Waals surface area contributed by atoms with Gasteiger partial charge in [0.15, 0.2) is 0 Å². The van der Waals surface area contributed by atoms with Crippen LogP contribution in [0.3, 0.4) is 0 Å². The fourth-order valence-electron chi connectivity index (χ4n) is 5.12. The number of amides is 2. The maximum absolute atomic E-state index is 13.2. The Hall–Kier alpha value is -2.12. The fraction of sp³-hybridized carbons (Fsp3) is 0.591. The average molecular weight is 435 g/mol. The lowest BCUT2D eigenvalue weighted by Gasteiger charge is -2.36. The van der Waals surface area contributed by atoms with Gasteiger partial charge in [-0.05, 0) is 49.9 Å². The molecular formula is C22H27ClN2O5. The first kappa shape index (κ1) is 21.1. The number of carboxylic acid groups (broad SMARTS) is 1. The van der Waals surface area contributed by atoms with Crippen LogP contribution in [-0.4, -0.2) is 72.1 Å². The molecule has 0 bridgehead atoms. The molecule has 1 N–H and O–H groups in total. The Labute approximate surface area is 180 Å². The second kappa shape index (κ2) is 8.55. The lowest BCUT2D eigenvalue weighted by atomic mass is 9.72. The summed E-state index contributed by atoms with van der Waals surface area (Å²) in [4.78, 5) is 41.2. The van der Waals surface area contributed by atoms with Gasteiger partial charge in [-0.2, -0.15) is 0 Å². The molecular weight excluding hydrogens is 408 g/mol. The van der Waals surface area contributed by atoms with E-state index in [1.807, 2.05) is 0 Å². The van der Waals surface area contributed by atoms with Gasteiger partial charge in [0.05, 0.1) is 5.92 Å². The second-order valence-corrected chi connectivity index (χ2v) is 9.09. The van der Waals surface area contributed by atoms with Crippen LogP contribution >= 0.6 is 11.6 Å². The molecule has 0 aromatic heterocycles. The second-order valence-electron chi connectivity index (χ2n) is 8.66. The molecule has 7 nitrogen and oxygen atoms in total. The van der Waals surface area contributed by atoms with Crippen molar-refractivity contribution in [3.05, 3.63) is 34.9 Å². The first-order valence-corrected chi connectivity index (χ1v) is 10.9. The Morgan fingerprint density at radius 3 is 2.27 bits per heavy atom. The predicted molar refractivity (Wildman–Crippen MR) is 110 cm³/mol. The molecule has 30 heavy (non-hydrogen) atoms. The number of piperidine rings is 1. The van der Waals surface area contributed by atoms with Gasteiger partial charge < -0.3 is 19.6 Å². The number of carboxylic acids is 1. The van der Waals surface area contributed by atoms with Gasteiger partial charge in [0.2, 0.25) is 5.91 Å². The molecule has 1 unspecified atom stereocenters. The number of likely N-dealkylation sites (tertiary alicyclic amines) is 2. The van der Waals surface area contributed by atoms with Crippen LogP contribution in [0.5, 0.6) is 0 Å². The third-order valence-electron chi connectivity index (χ3n) is 6.97. The maximum atomic E-state index is 13.2. The molecule has 3 aliphatic heterocycles. The quantitative estimate of drug-likeness (QED) is 0.789. The maximum Gasteiger partial charge on any atom is 0.308 e. The molecule has 1 atom stereocenters. The van der Waals surface area contributed by atoms with Gasteiger partial charge in [-0.15, -0.1) is 0 Å². The molecule has 1 spiro atoms. The van der Waals surface area contributed by atoms with Crippen LogP contribution in [0.15, 0.2) is 24.3 Å². The van der Waals surface area contributed by atoms with E-state index in [-0.39, 0.29) is 29.7 Å². The van der Waals surface area contributed by atoms with Crippen LogP contribution in [0.2, 0.25) is 5.02 Å². The molecule has 8 heteroatoms. The minimum Gasteiger partial charge on any atom is -0.481 e. The molecule has 3 fully saturated rings. The summed E-state index contributed by atoms with van der Waals surface area (Å²) < 4.78 is 5.43. The predicted octanol–water partition coefficient (Wildman–Crippen LogP) is 2.53. The normalized spacial score (nSPS) is 24.2. The smallest absolute Gasteiger partial charge is 0.308 e. The van der Waals surface area contributed by atoms with Crippen molar-refractivity contribution in [3.8, 4) is 0 Å². The van der Waals surface area contributed by atoms with Gasteiger partial charge in [-0.3, -0.25) is 14.4 Å². The molecule has 3 saturated heterocycles. The highest BCUT2D eigenvalue weighted by Gasteiger charge is 2.52. The minimum absolute atomic E-state index is 0.0307. The van der Waals surface area contributed by atoms with Crippen LogP contribution < -0.4 is 0 Å². The summed E-state index contributed by atoms with van der Waals surface area (Å²) in [6.07, 6.45) is 2.56. The third-order valence-corrected chi connectivity index (χ3v) is 7.22. The summed E-state index contributed by atoms with van der Waals surface area (Å²) in [6.45, 7) is 2.92. The summed E-state index contributed by atoms with van der Waals surface area (Å²) in [5.74, 6) is -1.54. The van der Waals surface area contributed by atoms with Crippen LogP contribution in [0.1, 0.15) is 36.0 Å². The number of hydrogen-bond donors (Lipinski definition) is 1. The zero-order valence-electron chi connectivity index (χ0n) is 16.9. The van der Waals surface area contributed by atoms with Gasteiger partial charge in [-0.1, -0.05) is 11.6 Å². The number of rotatable bonds is 3. The van der Waals surface area contributed by atoms with E-state index in [4.69, 9.17) is 16.3 Å². The summed E-state index contributed by atoms with van der Waals surface area (Å²) in [5.41, 5.74) is 0.222.